The third-order valence-corrected chi connectivity index (χ3v) is 4.88. The summed E-state index contributed by atoms with van der Waals surface area (Å²) in [5.74, 6) is -2.13. The van der Waals surface area contributed by atoms with Crippen molar-refractivity contribution in [2.45, 2.75) is 26.1 Å². The van der Waals surface area contributed by atoms with Gasteiger partial charge in [-0.2, -0.15) is 10.1 Å². The highest BCUT2D eigenvalue weighted by Crippen LogP contribution is 2.29. The normalized spacial score (nSPS) is 15.7. The topological polar surface area (TPSA) is 108 Å². The second kappa shape index (κ2) is 7.58. The lowest BCUT2D eigenvalue weighted by Crippen LogP contribution is -2.44. The number of anilines is 3. The van der Waals surface area contributed by atoms with Gasteiger partial charge in [-0.05, 0) is 24.6 Å². The van der Waals surface area contributed by atoms with Gasteiger partial charge in [-0.15, -0.1) is 0 Å². The average Bonchev–Trinajstić information content (AvgIpc) is 3.16. The largest absolute Gasteiger partial charge is 0.503 e. The van der Waals surface area contributed by atoms with Gasteiger partial charge in [0.25, 0.3) is 0 Å². The highest BCUT2D eigenvalue weighted by molar-refractivity contribution is 6.02. The predicted octanol–water partition coefficient (Wildman–Crippen LogP) is 2.09. The Morgan fingerprint density at radius 1 is 1.23 bits per heavy atom. The molecule has 3 aromatic rings. The second-order valence-corrected chi connectivity index (χ2v) is 7.01. The van der Waals surface area contributed by atoms with Crippen molar-refractivity contribution >= 4 is 23.4 Å². The first-order valence-corrected chi connectivity index (χ1v) is 9.14. The van der Waals surface area contributed by atoms with Gasteiger partial charge in [0.2, 0.25) is 11.9 Å². The van der Waals surface area contributed by atoms with Crippen LogP contribution in [0.25, 0.3) is 0 Å². The molecule has 0 fully saturated rings. The quantitative estimate of drug-likeness (QED) is 0.586. The summed E-state index contributed by atoms with van der Waals surface area (Å²) < 4.78 is 28.5. The molecule has 3 N–H and O–H groups in total. The molecule has 1 aliphatic rings. The van der Waals surface area contributed by atoms with Crippen molar-refractivity contribution in [3.05, 3.63) is 53.5 Å². The molecule has 11 heteroatoms. The second-order valence-electron chi connectivity index (χ2n) is 7.01. The number of halogens is 2. The van der Waals surface area contributed by atoms with Crippen LogP contribution in [0.15, 0.2) is 30.7 Å². The Balaban J connectivity index is 1.42. The van der Waals surface area contributed by atoms with E-state index in [0.717, 1.165) is 17.7 Å². The number of aromatic hydroxyl groups is 1. The Labute approximate surface area is 170 Å². The van der Waals surface area contributed by atoms with E-state index in [-0.39, 0.29) is 18.5 Å². The van der Waals surface area contributed by atoms with E-state index < -0.39 is 17.4 Å². The maximum Gasteiger partial charge on any atom is 0.246 e. The molecule has 4 rings (SSSR count). The zero-order chi connectivity index (χ0) is 21.4. The summed E-state index contributed by atoms with van der Waals surface area (Å²) in [5.41, 5.74) is 1.70. The van der Waals surface area contributed by atoms with E-state index in [1.54, 1.807) is 37.5 Å². The lowest BCUT2D eigenvalue weighted by atomic mass is 10.2. The average molecular weight is 415 g/mol. The van der Waals surface area contributed by atoms with Crippen molar-refractivity contribution in [1.29, 1.82) is 0 Å². The third-order valence-electron chi connectivity index (χ3n) is 4.88. The summed E-state index contributed by atoms with van der Waals surface area (Å²) in [7, 11) is 1.79. The van der Waals surface area contributed by atoms with E-state index in [0.29, 0.717) is 29.6 Å². The van der Waals surface area contributed by atoms with Crippen molar-refractivity contribution in [2.24, 2.45) is 0 Å². The van der Waals surface area contributed by atoms with Crippen LogP contribution in [-0.4, -0.2) is 43.9 Å². The van der Waals surface area contributed by atoms with Crippen LogP contribution in [0.1, 0.15) is 18.1 Å². The zero-order valence-electron chi connectivity index (χ0n) is 16.2. The predicted molar refractivity (Wildman–Crippen MR) is 105 cm³/mol. The van der Waals surface area contributed by atoms with E-state index in [1.165, 1.54) is 4.68 Å². The smallest absolute Gasteiger partial charge is 0.246 e. The molecule has 9 nitrogen and oxygen atoms in total. The highest BCUT2D eigenvalue weighted by Gasteiger charge is 2.28. The van der Waals surface area contributed by atoms with Crippen molar-refractivity contribution in [1.82, 2.24) is 19.7 Å². The first-order chi connectivity index (χ1) is 14.3. The summed E-state index contributed by atoms with van der Waals surface area (Å²) in [6.07, 6.45) is 4.89. The summed E-state index contributed by atoms with van der Waals surface area (Å²) in [5, 5.41) is 19.2. The van der Waals surface area contributed by atoms with Gasteiger partial charge in [-0.25, -0.2) is 13.8 Å². The van der Waals surface area contributed by atoms with Crippen LogP contribution in [-0.2, 0) is 17.9 Å². The monoisotopic (exact) mass is 415 g/mol. The molecule has 0 aliphatic carbocycles. The van der Waals surface area contributed by atoms with Crippen molar-refractivity contribution in [3.8, 4) is 5.75 Å². The van der Waals surface area contributed by atoms with Crippen LogP contribution in [0.4, 0.5) is 26.2 Å². The van der Waals surface area contributed by atoms with Crippen LogP contribution < -0.4 is 15.5 Å². The standard InChI is InChI=1S/C19H19F2N7O2/c1-10-18(30)25-15-7-23-19(26-17(15)27(10)2)22-5-12-6-24-28(9-12)8-11-3-13(20)16(29)14(21)4-11/h3-4,6-7,9-10,29H,5,8H2,1-2H3,(H,25,30)(H,22,23,26)/t10-/m0/s1. The summed E-state index contributed by atoms with van der Waals surface area (Å²) in [6, 6.07) is 1.79. The van der Waals surface area contributed by atoms with Crippen molar-refractivity contribution in [3.63, 3.8) is 0 Å². The van der Waals surface area contributed by atoms with E-state index in [9.17, 15) is 18.7 Å². The van der Waals surface area contributed by atoms with E-state index in [4.69, 9.17) is 0 Å². The molecule has 0 saturated carbocycles. The van der Waals surface area contributed by atoms with Crippen LogP contribution in [0.2, 0.25) is 0 Å². The molecule has 1 atom stereocenters. The fourth-order valence-electron chi connectivity index (χ4n) is 3.07. The number of aromatic nitrogens is 4. The number of phenolic OH excluding ortho intramolecular Hbond substituents is 1. The minimum absolute atomic E-state index is 0.116. The van der Waals surface area contributed by atoms with Crippen LogP contribution in [0.5, 0.6) is 5.75 Å². The number of carbonyl (C=O) groups is 1. The molecule has 0 bridgehead atoms. The van der Waals surface area contributed by atoms with Gasteiger partial charge >= 0.3 is 0 Å². The Kier molecular flexibility index (Phi) is 4.94. The fourth-order valence-corrected chi connectivity index (χ4v) is 3.07. The summed E-state index contributed by atoms with van der Waals surface area (Å²) in [6.45, 7) is 2.31. The number of amides is 1. The molecule has 0 radical (unpaired) electrons. The molecule has 0 unspecified atom stereocenters. The maximum absolute atomic E-state index is 13.5. The Morgan fingerprint density at radius 3 is 2.70 bits per heavy atom. The lowest BCUT2D eigenvalue weighted by molar-refractivity contribution is -0.117. The maximum atomic E-state index is 13.5. The fraction of sp³-hybridized carbons (Fsp3) is 0.263. The Hall–Kier alpha value is -3.76. The van der Waals surface area contributed by atoms with E-state index in [1.807, 2.05) is 0 Å². The highest BCUT2D eigenvalue weighted by atomic mass is 19.1. The molecule has 1 aliphatic heterocycles. The number of likely N-dealkylation sites (N-methyl/N-ethyl adjacent to an activating group) is 1. The first-order valence-electron chi connectivity index (χ1n) is 9.14. The van der Waals surface area contributed by atoms with Crippen molar-refractivity contribution < 1.29 is 18.7 Å². The van der Waals surface area contributed by atoms with Crippen LogP contribution in [0, 0.1) is 11.6 Å². The number of nitrogens with zero attached hydrogens (tertiary/aromatic N) is 5. The molecular formula is C19H19F2N7O2. The number of nitrogens with one attached hydrogen (secondary N) is 2. The van der Waals surface area contributed by atoms with Crippen LogP contribution in [0.3, 0.4) is 0 Å². The van der Waals surface area contributed by atoms with Gasteiger partial charge in [0.1, 0.15) is 11.7 Å². The molecule has 0 spiro atoms. The SMILES string of the molecule is C[C@H]1C(=O)Nc2cnc(NCc3cnn(Cc4cc(F)c(O)c(F)c4)c3)nc2N1C. The van der Waals surface area contributed by atoms with Gasteiger partial charge in [0.15, 0.2) is 23.2 Å². The number of fused-ring (bicyclic) bond motifs is 1. The summed E-state index contributed by atoms with van der Waals surface area (Å²) in [4.78, 5) is 22.3. The summed E-state index contributed by atoms with van der Waals surface area (Å²) >= 11 is 0. The number of carbonyl (C=O) groups excluding carboxylic acids is 1. The number of hydrogen-bond donors (Lipinski definition) is 3. The first kappa shape index (κ1) is 19.6. The molecular weight excluding hydrogens is 396 g/mol. The van der Waals surface area contributed by atoms with Crippen LogP contribution >= 0.6 is 0 Å². The molecule has 0 saturated heterocycles. The van der Waals surface area contributed by atoms with Gasteiger partial charge in [0.05, 0.1) is 18.9 Å². The van der Waals surface area contributed by atoms with Crippen molar-refractivity contribution in [2.75, 3.05) is 22.6 Å². The van der Waals surface area contributed by atoms with Gasteiger partial charge in [-0.1, -0.05) is 0 Å². The number of phenols is 1. The Morgan fingerprint density at radius 2 is 1.97 bits per heavy atom. The molecule has 156 valence electrons. The lowest BCUT2D eigenvalue weighted by Gasteiger charge is -2.31. The minimum atomic E-state index is -1.01. The van der Waals surface area contributed by atoms with Gasteiger partial charge < -0.3 is 20.6 Å². The zero-order valence-corrected chi connectivity index (χ0v) is 16.2. The number of rotatable bonds is 5. The molecule has 1 amide bonds. The number of benzene rings is 1. The molecule has 1 aromatic carbocycles. The third kappa shape index (κ3) is 3.73. The number of hydrogen-bond acceptors (Lipinski definition) is 7. The molecule has 3 heterocycles. The van der Waals surface area contributed by atoms with E-state index >= 15 is 0 Å². The molecule has 2 aromatic heterocycles. The van der Waals surface area contributed by atoms with E-state index in [2.05, 4.69) is 25.7 Å². The minimum Gasteiger partial charge on any atom is -0.503 e. The molecule has 30 heavy (non-hydrogen) atoms. The van der Waals surface area contributed by atoms with Gasteiger partial charge in [0, 0.05) is 25.4 Å². The Bertz CT molecular complexity index is 1100. The van der Waals surface area contributed by atoms with Gasteiger partial charge in [-0.3, -0.25) is 9.48 Å².